The molecule has 0 aromatic heterocycles. The fraction of sp³-hybridized carbons (Fsp3) is 0.174. The van der Waals surface area contributed by atoms with Crippen LogP contribution >= 0.6 is 11.6 Å². The van der Waals surface area contributed by atoms with E-state index in [0.717, 1.165) is 5.56 Å². The van der Waals surface area contributed by atoms with E-state index in [2.05, 4.69) is 4.72 Å². The number of aliphatic carboxylic acids is 1. The number of para-hydroxylation sites is 1. The van der Waals surface area contributed by atoms with Crippen LogP contribution in [0.15, 0.2) is 77.7 Å². The Labute approximate surface area is 190 Å². The van der Waals surface area contributed by atoms with Crippen LogP contribution in [0, 0.1) is 0 Å². The molecule has 0 fully saturated rings. The average molecular weight is 474 g/mol. The number of fused-ring (bicyclic) bond motifs is 1. The fourth-order valence-corrected chi connectivity index (χ4v) is 4.92. The summed E-state index contributed by atoms with van der Waals surface area (Å²) in [7, 11) is -3.86. The summed E-state index contributed by atoms with van der Waals surface area (Å²) in [5.74, 6) is -0.572. The summed E-state index contributed by atoms with van der Waals surface area (Å²) >= 11 is 5.89. The molecule has 0 spiro atoms. The van der Waals surface area contributed by atoms with Gasteiger partial charge in [-0.2, -0.15) is 0 Å². The van der Waals surface area contributed by atoms with Crippen LogP contribution in [-0.4, -0.2) is 26.1 Å². The Bertz CT molecular complexity index is 1210. The molecule has 3 aromatic carbocycles. The van der Waals surface area contributed by atoms with Crippen molar-refractivity contribution in [2.24, 2.45) is 0 Å². The molecule has 0 saturated heterocycles. The lowest BCUT2D eigenvalue weighted by Gasteiger charge is -2.33. The maximum atomic E-state index is 13.1. The molecule has 2 N–H and O–H groups in total. The molecule has 1 heterocycles. The minimum Gasteiger partial charge on any atom is -0.481 e. The second-order valence-electron chi connectivity index (χ2n) is 7.24. The molecule has 1 aliphatic heterocycles. The summed E-state index contributed by atoms with van der Waals surface area (Å²) in [6, 6.07) is 19.7. The molecule has 166 valence electrons. The van der Waals surface area contributed by atoms with E-state index < -0.39 is 34.7 Å². The number of carboxylic acids is 1. The monoisotopic (exact) mass is 473 g/mol. The van der Waals surface area contributed by atoms with Gasteiger partial charge in [0.2, 0.25) is 10.0 Å². The van der Waals surface area contributed by atoms with Gasteiger partial charge in [0.15, 0.2) is 18.1 Å². The van der Waals surface area contributed by atoms with Crippen LogP contribution in [-0.2, 0) is 14.8 Å². The average Bonchev–Trinajstić information content (AvgIpc) is 2.78. The lowest BCUT2D eigenvalue weighted by atomic mass is 9.93. The molecule has 0 aliphatic carbocycles. The van der Waals surface area contributed by atoms with Crippen molar-refractivity contribution in [1.82, 2.24) is 4.72 Å². The van der Waals surface area contributed by atoms with E-state index in [4.69, 9.17) is 26.2 Å². The molecule has 0 amide bonds. The molecule has 32 heavy (non-hydrogen) atoms. The van der Waals surface area contributed by atoms with Gasteiger partial charge >= 0.3 is 5.97 Å². The largest absolute Gasteiger partial charge is 0.481 e. The summed E-state index contributed by atoms with van der Waals surface area (Å²) in [5.41, 5.74) is 1.43. The number of rotatable bonds is 7. The number of halogens is 1. The highest BCUT2D eigenvalue weighted by molar-refractivity contribution is 7.89. The topological polar surface area (TPSA) is 102 Å². The molecule has 0 radical (unpaired) electrons. The summed E-state index contributed by atoms with van der Waals surface area (Å²) < 4.78 is 40.5. The van der Waals surface area contributed by atoms with E-state index in [1.165, 1.54) is 24.3 Å². The van der Waals surface area contributed by atoms with Crippen LogP contribution in [0.3, 0.4) is 0 Å². The van der Waals surface area contributed by atoms with Gasteiger partial charge in [0, 0.05) is 17.0 Å². The van der Waals surface area contributed by atoms with Crippen molar-refractivity contribution in [2.75, 3.05) is 6.61 Å². The lowest BCUT2D eigenvalue weighted by molar-refractivity contribution is -0.139. The molecule has 4 rings (SSSR count). The second kappa shape index (κ2) is 9.20. The van der Waals surface area contributed by atoms with Crippen LogP contribution in [0.1, 0.15) is 29.7 Å². The van der Waals surface area contributed by atoms with Gasteiger partial charge < -0.3 is 14.6 Å². The van der Waals surface area contributed by atoms with Crippen molar-refractivity contribution in [3.05, 3.63) is 88.9 Å². The summed E-state index contributed by atoms with van der Waals surface area (Å²) in [6.45, 7) is -0.545. The molecule has 2 atom stereocenters. The zero-order chi connectivity index (χ0) is 22.7. The third kappa shape index (κ3) is 4.88. The SMILES string of the molecule is O=C(O)COc1cccc2c1OC(c1ccccc1)CC2NS(=O)(=O)c1ccc(Cl)cc1. The standard InChI is InChI=1S/C23H20ClNO6S/c24-16-9-11-17(12-10-16)32(28,29)25-19-13-21(15-5-2-1-3-6-15)31-23-18(19)7-4-8-20(23)30-14-22(26)27/h1-12,19,21,25H,13-14H2,(H,26,27). The van der Waals surface area contributed by atoms with Crippen molar-refractivity contribution in [1.29, 1.82) is 0 Å². The highest BCUT2D eigenvalue weighted by Gasteiger charge is 2.34. The van der Waals surface area contributed by atoms with Crippen molar-refractivity contribution in [3.8, 4) is 11.5 Å². The maximum Gasteiger partial charge on any atom is 0.341 e. The van der Waals surface area contributed by atoms with Gasteiger partial charge in [-0.1, -0.05) is 54.1 Å². The van der Waals surface area contributed by atoms with Gasteiger partial charge in [0.25, 0.3) is 0 Å². The first kappa shape index (κ1) is 22.1. The van der Waals surface area contributed by atoms with Gasteiger partial charge in [-0.15, -0.1) is 0 Å². The number of hydrogen-bond acceptors (Lipinski definition) is 5. The van der Waals surface area contributed by atoms with Crippen LogP contribution in [0.25, 0.3) is 0 Å². The number of carboxylic acid groups (broad SMARTS) is 1. The summed E-state index contributed by atoms with van der Waals surface area (Å²) in [6.07, 6.45) is -0.122. The molecular formula is C23H20ClNO6S. The Balaban J connectivity index is 1.72. The van der Waals surface area contributed by atoms with Crippen LogP contribution < -0.4 is 14.2 Å². The minimum atomic E-state index is -3.86. The third-order valence-corrected chi connectivity index (χ3v) is 6.78. The van der Waals surface area contributed by atoms with Gasteiger partial charge in [-0.05, 0) is 35.9 Å². The van der Waals surface area contributed by atoms with Gasteiger partial charge in [-0.3, -0.25) is 0 Å². The lowest BCUT2D eigenvalue weighted by Crippen LogP contribution is -2.33. The molecule has 0 bridgehead atoms. The zero-order valence-corrected chi connectivity index (χ0v) is 18.3. The predicted molar refractivity (Wildman–Crippen MR) is 119 cm³/mol. The number of hydrogen-bond donors (Lipinski definition) is 2. The van der Waals surface area contributed by atoms with E-state index in [9.17, 15) is 13.2 Å². The number of nitrogens with one attached hydrogen (secondary N) is 1. The molecular weight excluding hydrogens is 454 g/mol. The Morgan fingerprint density at radius 3 is 2.47 bits per heavy atom. The highest BCUT2D eigenvalue weighted by Crippen LogP contribution is 2.46. The smallest absolute Gasteiger partial charge is 0.341 e. The first-order valence-corrected chi connectivity index (χ1v) is 11.7. The Morgan fingerprint density at radius 2 is 1.78 bits per heavy atom. The summed E-state index contributed by atoms with van der Waals surface area (Å²) in [5, 5.41) is 9.43. The quantitative estimate of drug-likeness (QED) is 0.529. The second-order valence-corrected chi connectivity index (χ2v) is 9.39. The number of benzene rings is 3. The van der Waals surface area contributed by atoms with Crippen molar-refractivity contribution in [3.63, 3.8) is 0 Å². The number of carbonyl (C=O) groups is 1. The Kier molecular flexibility index (Phi) is 6.36. The van der Waals surface area contributed by atoms with Gasteiger partial charge in [0.1, 0.15) is 6.10 Å². The van der Waals surface area contributed by atoms with E-state index in [1.807, 2.05) is 30.3 Å². The van der Waals surface area contributed by atoms with Gasteiger partial charge in [0.05, 0.1) is 10.9 Å². The highest BCUT2D eigenvalue weighted by atomic mass is 35.5. The number of ether oxygens (including phenoxy) is 2. The molecule has 7 nitrogen and oxygen atoms in total. The normalized spacial score (nSPS) is 17.8. The first-order valence-electron chi connectivity index (χ1n) is 9.80. The summed E-state index contributed by atoms with van der Waals surface area (Å²) in [4.78, 5) is 11.1. The third-order valence-electron chi connectivity index (χ3n) is 5.04. The van der Waals surface area contributed by atoms with E-state index in [0.29, 0.717) is 22.8 Å². The first-order chi connectivity index (χ1) is 15.3. The Hall–Kier alpha value is -3.07. The molecule has 2 unspecified atom stereocenters. The number of sulfonamides is 1. The van der Waals surface area contributed by atoms with Crippen LogP contribution in [0.4, 0.5) is 0 Å². The van der Waals surface area contributed by atoms with Crippen molar-refractivity contribution < 1.29 is 27.8 Å². The predicted octanol–water partition coefficient (Wildman–Crippen LogP) is 4.35. The zero-order valence-electron chi connectivity index (χ0n) is 16.8. The van der Waals surface area contributed by atoms with Crippen molar-refractivity contribution in [2.45, 2.75) is 23.5 Å². The van der Waals surface area contributed by atoms with Crippen LogP contribution in [0.2, 0.25) is 5.02 Å². The fourth-order valence-electron chi connectivity index (χ4n) is 3.57. The Morgan fingerprint density at radius 1 is 1.06 bits per heavy atom. The molecule has 3 aromatic rings. The molecule has 9 heteroatoms. The molecule has 1 aliphatic rings. The van der Waals surface area contributed by atoms with Crippen molar-refractivity contribution >= 4 is 27.6 Å². The minimum absolute atomic E-state index is 0.0875. The molecule has 0 saturated carbocycles. The van der Waals surface area contributed by atoms with Crippen LogP contribution in [0.5, 0.6) is 11.5 Å². The van der Waals surface area contributed by atoms with E-state index >= 15 is 0 Å². The van der Waals surface area contributed by atoms with E-state index in [-0.39, 0.29) is 10.6 Å². The van der Waals surface area contributed by atoms with E-state index in [1.54, 1.807) is 18.2 Å². The van der Waals surface area contributed by atoms with Gasteiger partial charge in [-0.25, -0.2) is 17.9 Å². The maximum absolute atomic E-state index is 13.1.